The summed E-state index contributed by atoms with van der Waals surface area (Å²) in [5.41, 5.74) is -0.686. The van der Waals surface area contributed by atoms with E-state index in [4.69, 9.17) is 4.74 Å². The smallest absolute Gasteiger partial charge is 0.419 e. The van der Waals surface area contributed by atoms with Crippen molar-refractivity contribution < 1.29 is 22.7 Å². The molecule has 0 bridgehead atoms. The predicted molar refractivity (Wildman–Crippen MR) is 49.8 cm³/mol. The number of benzene rings is 1. The number of hydrogen-bond donors (Lipinski definition) is 0. The van der Waals surface area contributed by atoms with Gasteiger partial charge >= 0.3 is 6.18 Å². The van der Waals surface area contributed by atoms with Crippen LogP contribution in [0.4, 0.5) is 13.2 Å². The molecule has 0 saturated carbocycles. The zero-order valence-electron chi connectivity index (χ0n) is 8.34. The third kappa shape index (κ3) is 2.61. The van der Waals surface area contributed by atoms with Gasteiger partial charge < -0.3 is 4.74 Å². The molecule has 0 aliphatic carbocycles. The van der Waals surface area contributed by atoms with E-state index in [-0.39, 0.29) is 17.9 Å². The van der Waals surface area contributed by atoms with E-state index in [1.54, 1.807) is 0 Å². The van der Waals surface area contributed by atoms with E-state index in [9.17, 15) is 18.0 Å². The topological polar surface area (TPSA) is 38.7 Å². The highest BCUT2D eigenvalue weighted by Crippen LogP contribution is 2.38. The maximum absolute atomic E-state index is 12.5. The molecule has 1 aromatic rings. The van der Waals surface area contributed by atoms with Gasteiger partial charge in [-0.1, -0.05) is 12.1 Å². The fraction of sp³-hybridized carbons (Fsp3) is 0.300. The zero-order chi connectivity index (χ0) is 12.2. The molecule has 0 radical (unpaired) electrons. The van der Waals surface area contributed by atoms with Crippen LogP contribution in [-0.2, 0) is 17.5 Å². The number of hydrogen-bond acceptors (Lipinski definition) is 3. The minimum Gasteiger partial charge on any atom is -0.496 e. The summed E-state index contributed by atoms with van der Waals surface area (Å²) >= 11 is 0. The molecule has 0 aromatic heterocycles. The van der Waals surface area contributed by atoms with Crippen LogP contribution in [-0.4, -0.2) is 13.2 Å². The number of alkyl halides is 3. The van der Waals surface area contributed by atoms with Crippen LogP contribution in [0, 0.1) is 0 Å². The molecular weight excluding hydrogens is 223 g/mol. The molecule has 0 atom stereocenters. The average Bonchev–Trinajstić information content (AvgIpc) is 2.24. The van der Waals surface area contributed by atoms with E-state index in [2.05, 4.69) is 4.99 Å². The van der Waals surface area contributed by atoms with Gasteiger partial charge in [-0.05, 0) is 6.07 Å². The number of nitrogens with zero attached hydrogens (tertiary/aromatic N) is 1. The summed E-state index contributed by atoms with van der Waals surface area (Å²) in [5.74, 6) is -0.311. The standard InChI is InChI=1S/C10H8F3NO2/c1-16-9-7(5-14-6-15)3-2-4-8(9)10(11,12)13/h2-4H,5H2,1H3. The fourth-order valence-corrected chi connectivity index (χ4v) is 1.29. The van der Waals surface area contributed by atoms with E-state index in [1.165, 1.54) is 18.2 Å². The number of halogens is 3. The number of para-hydroxylation sites is 1. The summed E-state index contributed by atoms with van der Waals surface area (Å²) in [6.07, 6.45) is -3.23. The van der Waals surface area contributed by atoms with E-state index < -0.39 is 11.7 Å². The van der Waals surface area contributed by atoms with Crippen molar-refractivity contribution in [3.05, 3.63) is 29.3 Å². The van der Waals surface area contributed by atoms with Crippen LogP contribution in [0.15, 0.2) is 23.2 Å². The molecule has 6 heteroatoms. The molecule has 0 spiro atoms. The maximum Gasteiger partial charge on any atom is 0.419 e. The van der Waals surface area contributed by atoms with Crippen molar-refractivity contribution in [2.75, 3.05) is 7.11 Å². The SMILES string of the molecule is COc1c(CN=C=O)cccc1C(F)(F)F. The normalized spacial score (nSPS) is 10.8. The molecule has 0 fully saturated rings. The second-order valence-corrected chi connectivity index (χ2v) is 2.90. The van der Waals surface area contributed by atoms with Gasteiger partial charge in [0.1, 0.15) is 5.75 Å². The number of aliphatic imine (C=N–C) groups is 1. The minimum absolute atomic E-state index is 0.184. The van der Waals surface area contributed by atoms with Crippen molar-refractivity contribution >= 4 is 6.08 Å². The molecule has 0 amide bonds. The van der Waals surface area contributed by atoms with Crippen molar-refractivity contribution in [3.8, 4) is 5.75 Å². The van der Waals surface area contributed by atoms with Gasteiger partial charge in [-0.3, -0.25) is 0 Å². The summed E-state index contributed by atoms with van der Waals surface area (Å²) in [5, 5.41) is 0. The Kier molecular flexibility index (Phi) is 3.68. The van der Waals surface area contributed by atoms with Crippen molar-refractivity contribution in [2.45, 2.75) is 12.7 Å². The fourth-order valence-electron chi connectivity index (χ4n) is 1.29. The first-order chi connectivity index (χ1) is 7.50. The molecule has 1 aromatic carbocycles. The highest BCUT2D eigenvalue weighted by molar-refractivity contribution is 5.44. The van der Waals surface area contributed by atoms with E-state index in [0.717, 1.165) is 13.2 Å². The summed E-state index contributed by atoms with van der Waals surface area (Å²) in [7, 11) is 1.14. The Morgan fingerprint density at radius 2 is 2.12 bits per heavy atom. The maximum atomic E-state index is 12.5. The highest BCUT2D eigenvalue weighted by atomic mass is 19.4. The van der Waals surface area contributed by atoms with Crippen molar-refractivity contribution in [2.24, 2.45) is 4.99 Å². The molecule has 0 aliphatic heterocycles. The van der Waals surface area contributed by atoms with Crippen LogP contribution < -0.4 is 4.74 Å². The van der Waals surface area contributed by atoms with Crippen molar-refractivity contribution in [1.29, 1.82) is 0 Å². The molecule has 16 heavy (non-hydrogen) atoms. The second-order valence-electron chi connectivity index (χ2n) is 2.90. The van der Waals surface area contributed by atoms with Gasteiger partial charge in [0.25, 0.3) is 0 Å². The first-order valence-corrected chi connectivity index (χ1v) is 4.27. The number of methoxy groups -OCH3 is 1. The highest BCUT2D eigenvalue weighted by Gasteiger charge is 2.34. The number of ether oxygens (including phenoxy) is 1. The largest absolute Gasteiger partial charge is 0.496 e. The molecular formula is C10H8F3NO2. The third-order valence-electron chi connectivity index (χ3n) is 1.92. The molecule has 0 saturated heterocycles. The predicted octanol–water partition coefficient (Wildman–Crippen LogP) is 2.55. The minimum atomic E-state index is -4.49. The van der Waals surface area contributed by atoms with Gasteiger partial charge in [-0.2, -0.15) is 13.2 Å². The Morgan fingerprint density at radius 3 is 2.62 bits per heavy atom. The first-order valence-electron chi connectivity index (χ1n) is 4.27. The lowest BCUT2D eigenvalue weighted by molar-refractivity contribution is -0.138. The Hall–Kier alpha value is -1.81. The lowest BCUT2D eigenvalue weighted by Crippen LogP contribution is -2.08. The Morgan fingerprint density at radius 1 is 1.44 bits per heavy atom. The lowest BCUT2D eigenvalue weighted by Gasteiger charge is -2.14. The second kappa shape index (κ2) is 4.81. The molecule has 1 rings (SSSR count). The Labute approximate surface area is 89.6 Å². The molecule has 0 N–H and O–H groups in total. The molecule has 0 heterocycles. The van der Waals surface area contributed by atoms with Gasteiger partial charge in [-0.25, -0.2) is 9.79 Å². The quantitative estimate of drug-likeness (QED) is 0.592. The molecule has 0 aliphatic rings. The molecule has 3 nitrogen and oxygen atoms in total. The molecule has 0 unspecified atom stereocenters. The summed E-state index contributed by atoms with van der Waals surface area (Å²) in [6.45, 7) is -0.184. The number of rotatable bonds is 3. The van der Waals surface area contributed by atoms with Crippen LogP contribution in [0.3, 0.4) is 0 Å². The number of carbonyl (C=O) groups excluding carboxylic acids is 1. The lowest BCUT2D eigenvalue weighted by atomic mass is 10.1. The van der Waals surface area contributed by atoms with Crippen molar-refractivity contribution in [1.82, 2.24) is 0 Å². The van der Waals surface area contributed by atoms with Gasteiger partial charge in [0.2, 0.25) is 6.08 Å². The Balaban J connectivity index is 3.25. The van der Waals surface area contributed by atoms with E-state index in [1.807, 2.05) is 0 Å². The van der Waals surface area contributed by atoms with Gasteiger partial charge in [-0.15, -0.1) is 0 Å². The van der Waals surface area contributed by atoms with Gasteiger partial charge in [0.05, 0.1) is 19.2 Å². The summed E-state index contributed by atoms with van der Waals surface area (Å²) in [4.78, 5) is 13.1. The van der Waals surface area contributed by atoms with Crippen LogP contribution in [0.2, 0.25) is 0 Å². The van der Waals surface area contributed by atoms with Crippen LogP contribution in [0.25, 0.3) is 0 Å². The third-order valence-corrected chi connectivity index (χ3v) is 1.92. The number of isocyanates is 1. The van der Waals surface area contributed by atoms with Crippen molar-refractivity contribution in [3.63, 3.8) is 0 Å². The summed E-state index contributed by atoms with van der Waals surface area (Å²) in [6, 6.07) is 3.56. The van der Waals surface area contributed by atoms with E-state index in [0.29, 0.717) is 0 Å². The van der Waals surface area contributed by atoms with Crippen LogP contribution in [0.1, 0.15) is 11.1 Å². The van der Waals surface area contributed by atoms with Crippen LogP contribution in [0.5, 0.6) is 5.75 Å². The van der Waals surface area contributed by atoms with Gasteiger partial charge in [0.15, 0.2) is 0 Å². The zero-order valence-corrected chi connectivity index (χ0v) is 8.34. The summed E-state index contributed by atoms with van der Waals surface area (Å²) < 4.78 is 42.3. The monoisotopic (exact) mass is 231 g/mol. The first kappa shape index (κ1) is 12.3. The molecule has 86 valence electrons. The van der Waals surface area contributed by atoms with Gasteiger partial charge in [0, 0.05) is 5.56 Å². The van der Waals surface area contributed by atoms with Crippen LogP contribution >= 0.6 is 0 Å². The average molecular weight is 231 g/mol. The Bertz CT molecular complexity index is 423. The van der Waals surface area contributed by atoms with E-state index >= 15 is 0 Å².